The third kappa shape index (κ3) is 2.81. The number of amides is 1. The van der Waals surface area contributed by atoms with Gasteiger partial charge in [0.2, 0.25) is 0 Å². The summed E-state index contributed by atoms with van der Waals surface area (Å²) in [5.41, 5.74) is 0.371. The van der Waals surface area contributed by atoms with Gasteiger partial charge in [0, 0.05) is 19.3 Å². The highest BCUT2D eigenvalue weighted by molar-refractivity contribution is 5.92. The van der Waals surface area contributed by atoms with Gasteiger partial charge in [0.05, 0.1) is 17.9 Å². The topological polar surface area (TPSA) is 59.8 Å². The summed E-state index contributed by atoms with van der Waals surface area (Å²) in [6, 6.07) is 2.08. The molecule has 2 aromatic rings. The molecule has 1 atom stereocenters. The first-order valence-corrected chi connectivity index (χ1v) is 6.12. The van der Waals surface area contributed by atoms with Gasteiger partial charge in [0.1, 0.15) is 5.82 Å². The highest BCUT2D eigenvalue weighted by Crippen LogP contribution is 2.16. The molecule has 0 spiro atoms. The number of aromatic nitrogens is 3. The Kier molecular flexibility index (Phi) is 4.07. The number of hydrogen-bond donors (Lipinski definition) is 1. The van der Waals surface area contributed by atoms with Crippen LogP contribution in [-0.2, 0) is 7.05 Å². The van der Waals surface area contributed by atoms with Crippen molar-refractivity contribution in [2.75, 3.05) is 0 Å². The zero-order valence-corrected chi connectivity index (χ0v) is 11.1. The van der Waals surface area contributed by atoms with E-state index in [0.717, 1.165) is 11.9 Å². The summed E-state index contributed by atoms with van der Waals surface area (Å²) < 4.78 is 27.9. The predicted molar refractivity (Wildman–Crippen MR) is 67.9 cm³/mol. The first kappa shape index (κ1) is 14.1. The number of rotatable bonds is 4. The Morgan fingerprint density at radius 3 is 2.80 bits per heavy atom. The minimum absolute atomic E-state index is 0.318. The Hall–Kier alpha value is -2.31. The summed E-state index contributed by atoms with van der Waals surface area (Å²) in [6.45, 7) is 1.88. The molecule has 5 nitrogen and oxygen atoms in total. The van der Waals surface area contributed by atoms with Gasteiger partial charge in [0.25, 0.3) is 5.91 Å². The van der Waals surface area contributed by atoms with Crippen LogP contribution in [0.4, 0.5) is 8.78 Å². The van der Waals surface area contributed by atoms with Crippen molar-refractivity contribution in [3.05, 3.63) is 47.5 Å². The van der Waals surface area contributed by atoms with E-state index in [0.29, 0.717) is 12.5 Å². The molecule has 0 saturated carbocycles. The highest BCUT2D eigenvalue weighted by atomic mass is 19.1. The minimum Gasteiger partial charge on any atom is -0.342 e. The maximum absolute atomic E-state index is 13.5. The van der Waals surface area contributed by atoms with Crippen molar-refractivity contribution in [1.29, 1.82) is 0 Å². The average molecular weight is 280 g/mol. The molecule has 106 valence electrons. The van der Waals surface area contributed by atoms with Gasteiger partial charge in [0.15, 0.2) is 11.5 Å². The number of carbonyl (C=O) groups excluding carboxylic acids is 1. The largest absolute Gasteiger partial charge is 0.342 e. The quantitative estimate of drug-likeness (QED) is 0.931. The lowest BCUT2D eigenvalue weighted by Crippen LogP contribution is -2.31. The van der Waals surface area contributed by atoms with E-state index in [1.54, 1.807) is 24.0 Å². The molecule has 7 heteroatoms. The second-order valence-electron chi connectivity index (χ2n) is 4.30. The fraction of sp³-hybridized carbons (Fsp3) is 0.308. The monoisotopic (exact) mass is 280 g/mol. The van der Waals surface area contributed by atoms with Crippen LogP contribution in [-0.4, -0.2) is 20.7 Å². The number of hydrogen-bond acceptors (Lipinski definition) is 3. The van der Waals surface area contributed by atoms with Crippen molar-refractivity contribution in [2.24, 2.45) is 7.05 Å². The number of pyridine rings is 1. The van der Waals surface area contributed by atoms with Crippen molar-refractivity contribution in [3.8, 4) is 0 Å². The van der Waals surface area contributed by atoms with Crippen LogP contribution in [0.1, 0.15) is 35.6 Å². The van der Waals surface area contributed by atoms with E-state index in [2.05, 4.69) is 15.4 Å². The Balaban J connectivity index is 2.19. The fourth-order valence-electron chi connectivity index (χ4n) is 1.92. The van der Waals surface area contributed by atoms with E-state index in [1.165, 1.54) is 0 Å². The number of aryl methyl sites for hydroxylation is 1. The molecule has 0 aliphatic carbocycles. The average Bonchev–Trinajstić information content (AvgIpc) is 2.82. The summed E-state index contributed by atoms with van der Waals surface area (Å²) in [6.07, 6.45) is 3.03. The van der Waals surface area contributed by atoms with Gasteiger partial charge < -0.3 is 5.32 Å². The van der Waals surface area contributed by atoms with Crippen LogP contribution in [0.25, 0.3) is 0 Å². The lowest BCUT2D eigenvalue weighted by molar-refractivity contribution is 0.0924. The predicted octanol–water partition coefficient (Wildman–Crippen LogP) is 1.97. The number of carbonyl (C=O) groups is 1. The molecule has 0 bridgehead atoms. The normalized spacial score (nSPS) is 12.2. The second-order valence-corrected chi connectivity index (χ2v) is 4.30. The third-order valence-electron chi connectivity index (χ3n) is 2.95. The van der Waals surface area contributed by atoms with Gasteiger partial charge in [-0.1, -0.05) is 6.92 Å². The molecule has 0 fully saturated rings. The summed E-state index contributed by atoms with van der Waals surface area (Å²) in [5.74, 6) is -2.49. The maximum Gasteiger partial charge on any atom is 0.273 e. The molecule has 2 rings (SSSR count). The van der Waals surface area contributed by atoms with E-state index >= 15 is 0 Å². The van der Waals surface area contributed by atoms with E-state index in [1.807, 2.05) is 6.92 Å². The van der Waals surface area contributed by atoms with Gasteiger partial charge in [-0.05, 0) is 12.5 Å². The van der Waals surface area contributed by atoms with Crippen LogP contribution in [0.3, 0.4) is 0 Å². The zero-order chi connectivity index (χ0) is 14.7. The van der Waals surface area contributed by atoms with Crippen molar-refractivity contribution in [2.45, 2.75) is 19.4 Å². The van der Waals surface area contributed by atoms with Crippen molar-refractivity contribution < 1.29 is 13.6 Å². The van der Waals surface area contributed by atoms with Crippen molar-refractivity contribution >= 4 is 5.91 Å². The van der Waals surface area contributed by atoms with Crippen molar-refractivity contribution in [1.82, 2.24) is 20.1 Å². The lowest BCUT2D eigenvalue weighted by Gasteiger charge is -2.17. The Bertz CT molecular complexity index is 627. The van der Waals surface area contributed by atoms with E-state index in [9.17, 15) is 13.6 Å². The third-order valence-corrected chi connectivity index (χ3v) is 2.95. The molecule has 0 aliphatic rings. The minimum atomic E-state index is -0.984. The number of nitrogens with one attached hydrogen (secondary N) is 1. The van der Waals surface area contributed by atoms with E-state index < -0.39 is 23.2 Å². The first-order chi connectivity index (χ1) is 9.52. The summed E-state index contributed by atoms with van der Waals surface area (Å²) in [7, 11) is 1.75. The molecule has 1 unspecified atom stereocenters. The van der Waals surface area contributed by atoms with Crippen LogP contribution < -0.4 is 5.32 Å². The van der Waals surface area contributed by atoms with Gasteiger partial charge >= 0.3 is 0 Å². The summed E-state index contributed by atoms with van der Waals surface area (Å²) in [4.78, 5) is 15.5. The lowest BCUT2D eigenvalue weighted by atomic mass is 10.1. The highest BCUT2D eigenvalue weighted by Gasteiger charge is 2.20. The molecule has 2 heterocycles. The Labute approximate surface area is 114 Å². The standard InChI is InChI=1S/C13H14F2N4O/c1-3-10(11-4-5-17-19(11)2)18-13(20)12-9(15)6-8(14)7-16-12/h4-7,10H,3H2,1-2H3,(H,18,20). The molecule has 0 aliphatic heterocycles. The van der Waals surface area contributed by atoms with Crippen molar-refractivity contribution in [3.63, 3.8) is 0 Å². The van der Waals surface area contributed by atoms with Gasteiger partial charge in [-0.2, -0.15) is 5.10 Å². The molecular formula is C13H14F2N4O. The molecule has 1 amide bonds. The van der Waals surface area contributed by atoms with E-state index in [4.69, 9.17) is 0 Å². The smallest absolute Gasteiger partial charge is 0.273 e. The molecule has 0 saturated heterocycles. The van der Waals surface area contributed by atoms with Crippen LogP contribution in [0.15, 0.2) is 24.5 Å². The molecule has 1 N–H and O–H groups in total. The van der Waals surface area contributed by atoms with Gasteiger partial charge in [-0.25, -0.2) is 13.8 Å². The number of nitrogens with zero attached hydrogens (tertiary/aromatic N) is 3. The SMILES string of the molecule is CCC(NC(=O)c1ncc(F)cc1F)c1ccnn1C. The second kappa shape index (κ2) is 5.77. The maximum atomic E-state index is 13.5. The molecule has 20 heavy (non-hydrogen) atoms. The van der Waals surface area contributed by atoms with Crippen LogP contribution in [0.5, 0.6) is 0 Å². The molecule has 0 aromatic carbocycles. The zero-order valence-electron chi connectivity index (χ0n) is 11.1. The molecule has 0 radical (unpaired) electrons. The Morgan fingerprint density at radius 1 is 1.50 bits per heavy atom. The summed E-state index contributed by atoms with van der Waals surface area (Å²) >= 11 is 0. The van der Waals surface area contributed by atoms with Crippen LogP contribution >= 0.6 is 0 Å². The molecule has 2 aromatic heterocycles. The first-order valence-electron chi connectivity index (χ1n) is 6.12. The Morgan fingerprint density at radius 2 is 2.25 bits per heavy atom. The summed E-state index contributed by atoms with van der Waals surface area (Å²) in [5, 5.41) is 6.68. The number of halogens is 2. The van der Waals surface area contributed by atoms with Crippen LogP contribution in [0, 0.1) is 11.6 Å². The van der Waals surface area contributed by atoms with Gasteiger partial charge in [-0.15, -0.1) is 0 Å². The van der Waals surface area contributed by atoms with E-state index in [-0.39, 0.29) is 6.04 Å². The van der Waals surface area contributed by atoms with Gasteiger partial charge in [-0.3, -0.25) is 9.48 Å². The van der Waals surface area contributed by atoms with Crippen LogP contribution in [0.2, 0.25) is 0 Å². The molecular weight excluding hydrogens is 266 g/mol. The fourth-order valence-corrected chi connectivity index (χ4v) is 1.92.